The summed E-state index contributed by atoms with van der Waals surface area (Å²) in [6, 6.07) is 0.654. The quantitative estimate of drug-likeness (QED) is 0.908. The molecule has 18 heavy (non-hydrogen) atoms. The molecule has 0 aliphatic heterocycles. The maximum atomic E-state index is 4.33. The summed E-state index contributed by atoms with van der Waals surface area (Å²) in [7, 11) is 0. The third-order valence-electron chi connectivity index (χ3n) is 3.63. The van der Waals surface area contributed by atoms with E-state index in [9.17, 15) is 0 Å². The summed E-state index contributed by atoms with van der Waals surface area (Å²) in [5.41, 5.74) is 1.48. The lowest BCUT2D eigenvalue weighted by molar-refractivity contribution is 0.406. The van der Waals surface area contributed by atoms with E-state index in [2.05, 4.69) is 41.9 Å². The average Bonchev–Trinajstić information content (AvgIpc) is 2.93. The van der Waals surface area contributed by atoms with Crippen molar-refractivity contribution in [2.24, 2.45) is 0 Å². The van der Waals surface area contributed by atoms with Crippen molar-refractivity contribution in [2.75, 3.05) is 6.26 Å². The number of nitrogens with one attached hydrogen (secondary N) is 1. The smallest absolute Gasteiger partial charge is 0.0951 e. The number of nitrogens with zero attached hydrogens (tertiary/aromatic N) is 2. The Morgan fingerprint density at radius 3 is 2.83 bits per heavy atom. The number of rotatable bonds is 4. The van der Waals surface area contributed by atoms with E-state index >= 15 is 0 Å². The zero-order valence-electron chi connectivity index (χ0n) is 11.9. The molecular formula is C14H25N3S. The van der Waals surface area contributed by atoms with Crippen LogP contribution in [0, 0.1) is 0 Å². The Balaban J connectivity index is 2.00. The molecule has 1 aliphatic rings. The van der Waals surface area contributed by atoms with E-state index in [-0.39, 0.29) is 5.54 Å². The Morgan fingerprint density at radius 1 is 1.44 bits per heavy atom. The highest BCUT2D eigenvalue weighted by Gasteiger charge is 2.26. The van der Waals surface area contributed by atoms with Gasteiger partial charge in [-0.05, 0) is 46.3 Å². The minimum atomic E-state index is 0.159. The monoisotopic (exact) mass is 267 g/mol. The van der Waals surface area contributed by atoms with Crippen molar-refractivity contribution in [1.82, 2.24) is 14.9 Å². The molecule has 102 valence electrons. The fourth-order valence-electron chi connectivity index (χ4n) is 2.54. The average molecular weight is 267 g/mol. The highest BCUT2D eigenvalue weighted by atomic mass is 32.2. The fourth-order valence-corrected chi connectivity index (χ4v) is 3.32. The van der Waals surface area contributed by atoms with Gasteiger partial charge in [0.1, 0.15) is 0 Å². The summed E-state index contributed by atoms with van der Waals surface area (Å²) >= 11 is 2.01. The summed E-state index contributed by atoms with van der Waals surface area (Å²) in [5.74, 6) is 0. The molecule has 0 saturated heterocycles. The molecule has 0 radical (unpaired) electrons. The second-order valence-corrected chi connectivity index (χ2v) is 7.36. The Labute approximate surface area is 115 Å². The van der Waals surface area contributed by atoms with E-state index in [1.165, 1.54) is 25.0 Å². The Hall–Kier alpha value is -0.480. The van der Waals surface area contributed by atoms with Gasteiger partial charge in [-0.25, -0.2) is 4.98 Å². The van der Waals surface area contributed by atoms with Crippen LogP contribution in [0.3, 0.4) is 0 Å². The number of hydrogen-bond acceptors (Lipinski definition) is 3. The molecule has 1 aromatic rings. The van der Waals surface area contributed by atoms with Crippen LogP contribution in [0.4, 0.5) is 0 Å². The second kappa shape index (κ2) is 5.66. The molecule has 2 atom stereocenters. The van der Waals surface area contributed by atoms with E-state index in [1.54, 1.807) is 0 Å². The molecule has 0 aromatic carbocycles. The van der Waals surface area contributed by atoms with Crippen LogP contribution in [0.2, 0.25) is 0 Å². The zero-order valence-corrected chi connectivity index (χ0v) is 12.8. The summed E-state index contributed by atoms with van der Waals surface area (Å²) in [6.45, 7) is 7.51. The maximum absolute atomic E-state index is 4.33. The van der Waals surface area contributed by atoms with Gasteiger partial charge >= 0.3 is 0 Å². The molecular weight excluding hydrogens is 242 g/mol. The first-order valence-electron chi connectivity index (χ1n) is 6.78. The van der Waals surface area contributed by atoms with Crippen molar-refractivity contribution >= 4 is 11.8 Å². The van der Waals surface area contributed by atoms with Gasteiger partial charge in [0.15, 0.2) is 0 Å². The number of imidazole rings is 1. The lowest BCUT2D eigenvalue weighted by Gasteiger charge is -2.22. The molecule has 1 aromatic heterocycles. The van der Waals surface area contributed by atoms with Crippen LogP contribution in [0.15, 0.2) is 12.5 Å². The molecule has 1 N–H and O–H groups in total. The minimum Gasteiger partial charge on any atom is -0.330 e. The first-order valence-corrected chi connectivity index (χ1v) is 8.07. The molecule has 1 fully saturated rings. The van der Waals surface area contributed by atoms with Crippen molar-refractivity contribution in [3.05, 3.63) is 18.2 Å². The molecule has 0 amide bonds. The van der Waals surface area contributed by atoms with Gasteiger partial charge in [-0.2, -0.15) is 11.8 Å². The first kappa shape index (κ1) is 13.9. The predicted molar refractivity (Wildman–Crippen MR) is 79.0 cm³/mol. The normalized spacial score (nSPS) is 24.7. The van der Waals surface area contributed by atoms with Crippen LogP contribution in [0.25, 0.3) is 0 Å². The highest BCUT2D eigenvalue weighted by molar-refractivity contribution is 7.99. The Bertz CT molecular complexity index is 381. The molecule has 4 heteroatoms. The van der Waals surface area contributed by atoms with Crippen molar-refractivity contribution in [3.63, 3.8) is 0 Å². The standard InChI is InChI=1S/C14H25N3S/c1-14(2,3)16-9-12-8-15-10-17(12)11-5-6-13(7-11)18-4/h8,10-11,13,16H,5-7,9H2,1-4H3. The summed E-state index contributed by atoms with van der Waals surface area (Å²) in [5, 5.41) is 4.38. The van der Waals surface area contributed by atoms with Crippen LogP contribution in [-0.2, 0) is 6.54 Å². The van der Waals surface area contributed by atoms with Crippen LogP contribution < -0.4 is 5.32 Å². The van der Waals surface area contributed by atoms with Crippen molar-refractivity contribution in [1.29, 1.82) is 0 Å². The van der Waals surface area contributed by atoms with E-state index in [0.717, 1.165) is 11.8 Å². The third-order valence-corrected chi connectivity index (χ3v) is 4.72. The second-order valence-electron chi connectivity index (χ2n) is 6.22. The molecule has 1 heterocycles. The van der Waals surface area contributed by atoms with E-state index in [1.807, 2.05) is 24.3 Å². The SMILES string of the molecule is CSC1CCC(n2cncc2CNC(C)(C)C)C1. The van der Waals surface area contributed by atoms with Crippen molar-refractivity contribution < 1.29 is 0 Å². The van der Waals surface area contributed by atoms with Crippen LogP contribution in [0.5, 0.6) is 0 Å². The first-order chi connectivity index (χ1) is 8.49. The van der Waals surface area contributed by atoms with Gasteiger partial charge < -0.3 is 9.88 Å². The van der Waals surface area contributed by atoms with E-state index in [0.29, 0.717) is 6.04 Å². The lowest BCUT2D eigenvalue weighted by Crippen LogP contribution is -2.35. The van der Waals surface area contributed by atoms with Crippen molar-refractivity contribution in [3.8, 4) is 0 Å². The number of aromatic nitrogens is 2. The van der Waals surface area contributed by atoms with Crippen LogP contribution in [0.1, 0.15) is 51.8 Å². The van der Waals surface area contributed by atoms with E-state index in [4.69, 9.17) is 0 Å². The van der Waals surface area contributed by atoms with Gasteiger partial charge in [0.05, 0.1) is 12.0 Å². The van der Waals surface area contributed by atoms with Crippen LogP contribution in [-0.4, -0.2) is 26.6 Å². The van der Waals surface area contributed by atoms with E-state index < -0.39 is 0 Å². The van der Waals surface area contributed by atoms with Gasteiger partial charge in [0.25, 0.3) is 0 Å². The number of hydrogen-bond donors (Lipinski definition) is 1. The third kappa shape index (κ3) is 3.51. The molecule has 0 bridgehead atoms. The molecule has 3 nitrogen and oxygen atoms in total. The molecule has 0 spiro atoms. The van der Waals surface area contributed by atoms with Gasteiger partial charge in [-0.15, -0.1) is 0 Å². The lowest BCUT2D eigenvalue weighted by atomic mass is 10.1. The van der Waals surface area contributed by atoms with Gasteiger partial charge in [0, 0.05) is 29.6 Å². The summed E-state index contributed by atoms with van der Waals surface area (Å²) in [4.78, 5) is 4.33. The minimum absolute atomic E-state index is 0.159. The zero-order chi connectivity index (χ0) is 13.2. The van der Waals surface area contributed by atoms with Crippen LogP contribution >= 0.6 is 11.8 Å². The van der Waals surface area contributed by atoms with Gasteiger partial charge in [0.2, 0.25) is 0 Å². The summed E-state index contributed by atoms with van der Waals surface area (Å²) in [6.07, 6.45) is 10.2. The fraction of sp³-hybridized carbons (Fsp3) is 0.786. The largest absolute Gasteiger partial charge is 0.330 e. The predicted octanol–water partition coefficient (Wildman–Crippen LogP) is 3.23. The molecule has 1 saturated carbocycles. The molecule has 2 rings (SSSR count). The van der Waals surface area contributed by atoms with Gasteiger partial charge in [-0.1, -0.05) is 0 Å². The highest BCUT2D eigenvalue weighted by Crippen LogP contribution is 2.36. The maximum Gasteiger partial charge on any atom is 0.0951 e. The Kier molecular flexibility index (Phi) is 4.38. The topological polar surface area (TPSA) is 29.9 Å². The molecule has 2 unspecified atom stereocenters. The summed E-state index contributed by atoms with van der Waals surface area (Å²) < 4.78 is 2.38. The number of thioether (sulfide) groups is 1. The van der Waals surface area contributed by atoms with Crippen molar-refractivity contribution in [2.45, 2.75) is 63.4 Å². The molecule has 1 aliphatic carbocycles. The Morgan fingerprint density at radius 2 is 2.22 bits per heavy atom. The van der Waals surface area contributed by atoms with Gasteiger partial charge in [-0.3, -0.25) is 0 Å².